The predicted octanol–water partition coefficient (Wildman–Crippen LogP) is 3.11. The van der Waals surface area contributed by atoms with Crippen molar-refractivity contribution in [1.82, 2.24) is 14.7 Å². The maximum absolute atomic E-state index is 13.2. The van der Waals surface area contributed by atoms with Crippen LogP contribution >= 0.6 is 0 Å². The molecule has 0 spiro atoms. The second-order valence-corrected chi connectivity index (χ2v) is 6.95. The number of benzene rings is 1. The second kappa shape index (κ2) is 6.65. The Morgan fingerprint density at radius 1 is 1.25 bits per heavy atom. The zero-order chi connectivity index (χ0) is 16.5. The highest BCUT2D eigenvalue weighted by Crippen LogP contribution is 2.28. The van der Waals surface area contributed by atoms with Gasteiger partial charge in [-0.05, 0) is 69.0 Å². The molecular weight excluding hydrogens is 305 g/mol. The van der Waals surface area contributed by atoms with E-state index in [1.54, 1.807) is 12.1 Å². The van der Waals surface area contributed by atoms with E-state index in [1.807, 2.05) is 4.68 Å². The van der Waals surface area contributed by atoms with Crippen molar-refractivity contribution in [2.24, 2.45) is 0 Å². The third-order valence-corrected chi connectivity index (χ3v) is 5.04. The van der Waals surface area contributed by atoms with Crippen LogP contribution in [0.2, 0.25) is 0 Å². The molecule has 2 aromatic rings. The monoisotopic (exact) mass is 329 g/mol. The summed E-state index contributed by atoms with van der Waals surface area (Å²) in [6.07, 6.45) is 6.02. The Morgan fingerprint density at radius 2 is 2.08 bits per heavy atom. The van der Waals surface area contributed by atoms with Crippen molar-refractivity contribution in [2.75, 3.05) is 20.2 Å². The number of aromatic nitrogens is 2. The summed E-state index contributed by atoms with van der Waals surface area (Å²) in [4.78, 5) is 2.31. The summed E-state index contributed by atoms with van der Waals surface area (Å²) in [6.45, 7) is 2.70. The van der Waals surface area contributed by atoms with Crippen LogP contribution in [-0.4, -0.2) is 41.0 Å². The normalized spacial score (nSPS) is 20.0. The minimum atomic E-state index is -0.209. The van der Waals surface area contributed by atoms with Gasteiger partial charge in [0.2, 0.25) is 0 Å². The summed E-state index contributed by atoms with van der Waals surface area (Å²) in [5.74, 6) is -0.209. The molecule has 0 bridgehead atoms. The van der Waals surface area contributed by atoms with Gasteiger partial charge in [0.15, 0.2) is 0 Å². The minimum Gasteiger partial charge on any atom is -0.377 e. The van der Waals surface area contributed by atoms with E-state index in [2.05, 4.69) is 11.9 Å². The average molecular weight is 329 g/mol. The van der Waals surface area contributed by atoms with Crippen LogP contribution in [0.4, 0.5) is 4.39 Å². The largest absolute Gasteiger partial charge is 0.377 e. The Morgan fingerprint density at radius 3 is 2.83 bits per heavy atom. The highest BCUT2D eigenvalue weighted by molar-refractivity contribution is 5.40. The number of halogens is 1. The maximum Gasteiger partial charge on any atom is 0.123 e. The van der Waals surface area contributed by atoms with Gasteiger partial charge < -0.3 is 4.74 Å². The Balaban J connectivity index is 1.55. The number of nitrogens with zero attached hydrogens (tertiary/aromatic N) is 3. The van der Waals surface area contributed by atoms with Gasteiger partial charge in [-0.3, -0.25) is 4.90 Å². The van der Waals surface area contributed by atoms with Gasteiger partial charge in [0.25, 0.3) is 0 Å². The molecule has 1 aliphatic carbocycles. The van der Waals surface area contributed by atoms with E-state index in [4.69, 9.17) is 9.84 Å². The van der Waals surface area contributed by atoms with E-state index in [9.17, 15) is 4.39 Å². The van der Waals surface area contributed by atoms with Crippen LogP contribution in [-0.2, 0) is 24.1 Å². The quantitative estimate of drug-likeness (QED) is 0.844. The molecule has 1 aromatic carbocycles. The highest BCUT2D eigenvalue weighted by Gasteiger charge is 2.25. The molecule has 0 amide bonds. The summed E-state index contributed by atoms with van der Waals surface area (Å²) >= 11 is 0. The molecule has 4 nitrogen and oxygen atoms in total. The van der Waals surface area contributed by atoms with E-state index < -0.39 is 0 Å². The smallest absolute Gasteiger partial charge is 0.123 e. The van der Waals surface area contributed by atoms with Gasteiger partial charge >= 0.3 is 0 Å². The molecule has 2 heterocycles. The predicted molar refractivity (Wildman–Crippen MR) is 90.9 cm³/mol. The zero-order valence-electron chi connectivity index (χ0n) is 14.2. The van der Waals surface area contributed by atoms with Gasteiger partial charge in [0.1, 0.15) is 5.82 Å². The van der Waals surface area contributed by atoms with Gasteiger partial charge in [-0.1, -0.05) is 0 Å². The van der Waals surface area contributed by atoms with Crippen LogP contribution in [0.5, 0.6) is 0 Å². The van der Waals surface area contributed by atoms with Gasteiger partial charge in [-0.2, -0.15) is 5.10 Å². The number of hydrogen-bond acceptors (Lipinski definition) is 3. The van der Waals surface area contributed by atoms with Gasteiger partial charge in [0, 0.05) is 25.4 Å². The van der Waals surface area contributed by atoms with Crippen molar-refractivity contribution >= 4 is 0 Å². The Hall–Kier alpha value is -1.72. The topological polar surface area (TPSA) is 30.3 Å². The molecule has 1 saturated heterocycles. The number of likely N-dealkylation sites (N-methyl/N-ethyl adjacent to an activating group) is 1. The standard InChI is InChI=1S/C19H24FN3O/c1-22(12-16-4-3-11-24-16)13-18-17-5-2-6-19(17)23(21-18)15-9-7-14(20)8-10-15/h7-10,16H,2-6,11-13H2,1H3/t16-/m1/s1. The van der Waals surface area contributed by atoms with Crippen LogP contribution in [0.3, 0.4) is 0 Å². The molecule has 0 unspecified atom stereocenters. The third kappa shape index (κ3) is 3.10. The Kier molecular flexibility index (Phi) is 4.37. The molecule has 24 heavy (non-hydrogen) atoms. The fourth-order valence-corrected chi connectivity index (χ4v) is 3.89. The van der Waals surface area contributed by atoms with E-state index in [-0.39, 0.29) is 5.82 Å². The molecule has 0 saturated carbocycles. The number of ether oxygens (including phenoxy) is 1. The molecule has 1 aromatic heterocycles. The molecular formula is C19H24FN3O. The van der Waals surface area contributed by atoms with Crippen molar-refractivity contribution in [3.63, 3.8) is 0 Å². The Bertz CT molecular complexity index is 704. The minimum absolute atomic E-state index is 0.209. The van der Waals surface area contributed by atoms with E-state index >= 15 is 0 Å². The first-order valence-corrected chi connectivity index (χ1v) is 8.86. The average Bonchev–Trinajstić information content (AvgIpc) is 3.28. The maximum atomic E-state index is 13.2. The summed E-state index contributed by atoms with van der Waals surface area (Å²) in [5, 5.41) is 4.86. The van der Waals surface area contributed by atoms with Crippen molar-refractivity contribution in [2.45, 2.75) is 44.8 Å². The van der Waals surface area contributed by atoms with Crippen molar-refractivity contribution in [1.29, 1.82) is 0 Å². The fourth-order valence-electron chi connectivity index (χ4n) is 3.89. The Labute approximate surface area is 142 Å². The molecule has 0 radical (unpaired) electrons. The number of hydrogen-bond donors (Lipinski definition) is 0. The summed E-state index contributed by atoms with van der Waals surface area (Å²) in [5.41, 5.74) is 4.79. The van der Waals surface area contributed by atoms with Gasteiger partial charge in [-0.25, -0.2) is 9.07 Å². The summed E-state index contributed by atoms with van der Waals surface area (Å²) in [7, 11) is 2.14. The lowest BCUT2D eigenvalue weighted by Gasteiger charge is -2.19. The first-order chi connectivity index (χ1) is 11.7. The summed E-state index contributed by atoms with van der Waals surface area (Å²) in [6, 6.07) is 6.62. The van der Waals surface area contributed by atoms with Crippen LogP contribution < -0.4 is 0 Å². The molecule has 128 valence electrons. The molecule has 0 N–H and O–H groups in total. The summed E-state index contributed by atoms with van der Waals surface area (Å²) < 4.78 is 20.9. The third-order valence-electron chi connectivity index (χ3n) is 5.04. The molecule has 1 fully saturated rings. The molecule has 2 aliphatic rings. The zero-order valence-corrected chi connectivity index (χ0v) is 14.2. The number of rotatable bonds is 5. The lowest BCUT2D eigenvalue weighted by atomic mass is 10.2. The van der Waals surface area contributed by atoms with Gasteiger partial charge in [0.05, 0.1) is 17.5 Å². The van der Waals surface area contributed by atoms with Crippen LogP contribution in [0.25, 0.3) is 5.69 Å². The lowest BCUT2D eigenvalue weighted by molar-refractivity contribution is 0.0789. The molecule has 5 heteroatoms. The fraction of sp³-hybridized carbons (Fsp3) is 0.526. The van der Waals surface area contributed by atoms with E-state index in [0.29, 0.717) is 6.10 Å². The first kappa shape index (κ1) is 15.8. The van der Waals surface area contributed by atoms with Crippen molar-refractivity contribution in [3.05, 3.63) is 47.0 Å². The molecule has 4 rings (SSSR count). The number of fused-ring (bicyclic) bond motifs is 1. The van der Waals surface area contributed by atoms with Crippen LogP contribution in [0.1, 0.15) is 36.2 Å². The van der Waals surface area contributed by atoms with Crippen LogP contribution in [0.15, 0.2) is 24.3 Å². The second-order valence-electron chi connectivity index (χ2n) is 6.95. The van der Waals surface area contributed by atoms with Gasteiger partial charge in [-0.15, -0.1) is 0 Å². The van der Waals surface area contributed by atoms with E-state index in [0.717, 1.165) is 50.3 Å². The van der Waals surface area contributed by atoms with Crippen molar-refractivity contribution in [3.8, 4) is 5.69 Å². The highest BCUT2D eigenvalue weighted by atomic mass is 19.1. The first-order valence-electron chi connectivity index (χ1n) is 8.86. The SMILES string of the molecule is CN(Cc1nn(-c2ccc(F)cc2)c2c1CCC2)C[C@H]1CCCO1. The van der Waals surface area contributed by atoms with Crippen molar-refractivity contribution < 1.29 is 9.13 Å². The lowest BCUT2D eigenvalue weighted by Crippen LogP contribution is -2.28. The molecule has 1 atom stereocenters. The van der Waals surface area contributed by atoms with Crippen LogP contribution in [0, 0.1) is 5.82 Å². The van der Waals surface area contributed by atoms with E-state index in [1.165, 1.54) is 36.2 Å². The molecule has 1 aliphatic heterocycles.